The van der Waals surface area contributed by atoms with E-state index in [1.807, 2.05) is 0 Å². The van der Waals surface area contributed by atoms with Gasteiger partial charge in [-0.3, -0.25) is 0 Å². The standard InChI is InChI=1S/C17H30N2O/c1-5-6-7-12-20-17-10-8-16(9-11-17)14-18-13-15(2)19(3)4/h8-11,15,18H,5-7,12-14H2,1-4H3. The van der Waals surface area contributed by atoms with Crippen LogP contribution in [0.3, 0.4) is 0 Å². The minimum Gasteiger partial charge on any atom is -0.494 e. The van der Waals surface area contributed by atoms with Crippen LogP contribution in [0.25, 0.3) is 0 Å². The molecule has 0 saturated carbocycles. The van der Waals surface area contributed by atoms with Crippen LogP contribution in [-0.4, -0.2) is 38.2 Å². The van der Waals surface area contributed by atoms with Crippen LogP contribution in [0, 0.1) is 0 Å². The molecular weight excluding hydrogens is 248 g/mol. The van der Waals surface area contributed by atoms with Gasteiger partial charge in [0.1, 0.15) is 5.75 Å². The van der Waals surface area contributed by atoms with Crippen molar-refractivity contribution in [1.82, 2.24) is 10.2 Å². The topological polar surface area (TPSA) is 24.5 Å². The number of unbranched alkanes of at least 4 members (excludes halogenated alkanes) is 2. The Balaban J connectivity index is 2.24. The predicted molar refractivity (Wildman–Crippen MR) is 86.3 cm³/mol. The number of hydrogen-bond donors (Lipinski definition) is 1. The quantitative estimate of drug-likeness (QED) is 0.665. The van der Waals surface area contributed by atoms with Crippen LogP contribution in [0.2, 0.25) is 0 Å². The summed E-state index contributed by atoms with van der Waals surface area (Å²) in [6.45, 7) is 7.17. The fraction of sp³-hybridized carbons (Fsp3) is 0.647. The second-order valence-corrected chi connectivity index (χ2v) is 5.64. The first kappa shape index (κ1) is 17.0. The summed E-state index contributed by atoms with van der Waals surface area (Å²) < 4.78 is 5.71. The molecule has 0 bridgehead atoms. The van der Waals surface area contributed by atoms with E-state index >= 15 is 0 Å². The van der Waals surface area contributed by atoms with Crippen molar-refractivity contribution in [2.45, 2.75) is 45.7 Å². The highest BCUT2D eigenvalue weighted by Crippen LogP contribution is 2.12. The van der Waals surface area contributed by atoms with Crippen molar-refractivity contribution in [2.24, 2.45) is 0 Å². The Morgan fingerprint density at radius 3 is 2.45 bits per heavy atom. The van der Waals surface area contributed by atoms with Gasteiger partial charge in [0.25, 0.3) is 0 Å². The third kappa shape index (κ3) is 6.92. The Bertz CT molecular complexity index is 349. The van der Waals surface area contributed by atoms with Gasteiger partial charge in [-0.15, -0.1) is 0 Å². The first-order valence-corrected chi connectivity index (χ1v) is 7.72. The predicted octanol–water partition coefficient (Wildman–Crippen LogP) is 3.30. The molecule has 20 heavy (non-hydrogen) atoms. The van der Waals surface area contributed by atoms with Crippen LogP contribution < -0.4 is 10.1 Å². The molecule has 0 spiro atoms. The molecule has 114 valence electrons. The Labute approximate surface area is 124 Å². The number of rotatable bonds is 10. The second kappa shape index (κ2) is 9.78. The lowest BCUT2D eigenvalue weighted by atomic mass is 10.2. The minimum absolute atomic E-state index is 0.552. The molecule has 0 aliphatic heterocycles. The minimum atomic E-state index is 0.552. The van der Waals surface area contributed by atoms with Crippen molar-refractivity contribution in [3.63, 3.8) is 0 Å². The molecule has 0 saturated heterocycles. The average Bonchev–Trinajstić information content (AvgIpc) is 2.45. The van der Waals surface area contributed by atoms with Gasteiger partial charge in [-0.05, 0) is 45.1 Å². The maximum Gasteiger partial charge on any atom is 0.119 e. The third-order valence-electron chi connectivity index (χ3n) is 3.59. The molecule has 0 radical (unpaired) electrons. The summed E-state index contributed by atoms with van der Waals surface area (Å²) in [6, 6.07) is 8.97. The zero-order chi connectivity index (χ0) is 14.8. The van der Waals surface area contributed by atoms with Crippen LogP contribution >= 0.6 is 0 Å². The summed E-state index contributed by atoms with van der Waals surface area (Å²) in [4.78, 5) is 2.22. The zero-order valence-corrected chi connectivity index (χ0v) is 13.5. The molecule has 1 aromatic carbocycles. The Morgan fingerprint density at radius 1 is 1.15 bits per heavy atom. The molecule has 1 atom stereocenters. The largest absolute Gasteiger partial charge is 0.494 e. The van der Waals surface area contributed by atoms with E-state index in [-0.39, 0.29) is 0 Å². The number of nitrogens with one attached hydrogen (secondary N) is 1. The lowest BCUT2D eigenvalue weighted by molar-refractivity contribution is 0.302. The Hall–Kier alpha value is -1.06. The molecule has 1 unspecified atom stereocenters. The molecular formula is C17H30N2O. The van der Waals surface area contributed by atoms with Gasteiger partial charge < -0.3 is 15.0 Å². The number of benzene rings is 1. The molecule has 0 aliphatic carbocycles. The van der Waals surface area contributed by atoms with Crippen LogP contribution in [0.4, 0.5) is 0 Å². The smallest absolute Gasteiger partial charge is 0.119 e. The van der Waals surface area contributed by atoms with Crippen LogP contribution in [0.5, 0.6) is 5.75 Å². The fourth-order valence-electron chi connectivity index (χ4n) is 1.85. The summed E-state index contributed by atoms with van der Waals surface area (Å²) in [5, 5.41) is 3.48. The van der Waals surface area contributed by atoms with E-state index in [9.17, 15) is 0 Å². The number of ether oxygens (including phenoxy) is 1. The van der Waals surface area contributed by atoms with E-state index in [0.29, 0.717) is 6.04 Å². The van der Waals surface area contributed by atoms with Gasteiger partial charge in [0.15, 0.2) is 0 Å². The van der Waals surface area contributed by atoms with Gasteiger partial charge in [0.05, 0.1) is 6.61 Å². The van der Waals surface area contributed by atoms with Gasteiger partial charge in [-0.1, -0.05) is 31.9 Å². The van der Waals surface area contributed by atoms with E-state index in [0.717, 1.165) is 31.9 Å². The first-order chi connectivity index (χ1) is 9.63. The van der Waals surface area contributed by atoms with Crippen molar-refractivity contribution < 1.29 is 4.74 Å². The fourth-order valence-corrected chi connectivity index (χ4v) is 1.85. The molecule has 0 fully saturated rings. The maximum absolute atomic E-state index is 5.71. The van der Waals surface area contributed by atoms with E-state index in [1.54, 1.807) is 0 Å². The van der Waals surface area contributed by atoms with Crippen LogP contribution in [-0.2, 0) is 6.54 Å². The van der Waals surface area contributed by atoms with Gasteiger partial charge >= 0.3 is 0 Å². The van der Waals surface area contributed by atoms with Crippen molar-refractivity contribution >= 4 is 0 Å². The lowest BCUT2D eigenvalue weighted by Gasteiger charge is -2.20. The van der Waals surface area contributed by atoms with E-state index < -0.39 is 0 Å². The summed E-state index contributed by atoms with van der Waals surface area (Å²) in [6.07, 6.45) is 3.62. The highest BCUT2D eigenvalue weighted by molar-refractivity contribution is 5.27. The Morgan fingerprint density at radius 2 is 1.85 bits per heavy atom. The van der Waals surface area contributed by atoms with E-state index in [2.05, 4.69) is 62.4 Å². The SMILES string of the molecule is CCCCCOc1ccc(CNCC(C)N(C)C)cc1. The number of hydrogen-bond acceptors (Lipinski definition) is 3. The molecule has 3 heteroatoms. The highest BCUT2D eigenvalue weighted by atomic mass is 16.5. The summed E-state index contributed by atoms with van der Waals surface area (Å²) >= 11 is 0. The molecule has 0 aliphatic rings. The number of likely N-dealkylation sites (N-methyl/N-ethyl adjacent to an activating group) is 1. The van der Waals surface area contributed by atoms with Gasteiger partial charge in [-0.25, -0.2) is 0 Å². The third-order valence-corrected chi connectivity index (χ3v) is 3.59. The number of nitrogens with zero attached hydrogens (tertiary/aromatic N) is 1. The highest BCUT2D eigenvalue weighted by Gasteiger charge is 2.03. The van der Waals surface area contributed by atoms with Crippen molar-refractivity contribution in [1.29, 1.82) is 0 Å². The van der Waals surface area contributed by atoms with Crippen LogP contribution in [0.1, 0.15) is 38.7 Å². The molecule has 1 aromatic rings. The average molecular weight is 278 g/mol. The molecule has 3 nitrogen and oxygen atoms in total. The molecule has 1 rings (SSSR count). The summed E-state index contributed by atoms with van der Waals surface area (Å²) in [7, 11) is 4.22. The summed E-state index contributed by atoms with van der Waals surface area (Å²) in [5.74, 6) is 0.978. The molecule has 0 aromatic heterocycles. The monoisotopic (exact) mass is 278 g/mol. The second-order valence-electron chi connectivity index (χ2n) is 5.64. The van der Waals surface area contributed by atoms with Crippen molar-refractivity contribution in [3.05, 3.63) is 29.8 Å². The molecule has 0 heterocycles. The van der Waals surface area contributed by atoms with Gasteiger partial charge in [-0.2, -0.15) is 0 Å². The molecule has 0 amide bonds. The normalized spacial score (nSPS) is 12.7. The van der Waals surface area contributed by atoms with Gasteiger partial charge in [0.2, 0.25) is 0 Å². The van der Waals surface area contributed by atoms with Crippen molar-refractivity contribution in [3.8, 4) is 5.75 Å². The first-order valence-electron chi connectivity index (χ1n) is 7.72. The van der Waals surface area contributed by atoms with Gasteiger partial charge in [0, 0.05) is 19.1 Å². The zero-order valence-electron chi connectivity index (χ0n) is 13.5. The summed E-state index contributed by atoms with van der Waals surface area (Å²) in [5.41, 5.74) is 1.30. The van der Waals surface area contributed by atoms with E-state index in [4.69, 9.17) is 4.74 Å². The Kier molecular flexibility index (Phi) is 8.31. The van der Waals surface area contributed by atoms with E-state index in [1.165, 1.54) is 18.4 Å². The van der Waals surface area contributed by atoms with Crippen molar-refractivity contribution in [2.75, 3.05) is 27.2 Å². The molecule has 1 N–H and O–H groups in total. The maximum atomic E-state index is 5.71. The lowest BCUT2D eigenvalue weighted by Crippen LogP contribution is -2.35. The van der Waals surface area contributed by atoms with Crippen LogP contribution in [0.15, 0.2) is 24.3 Å².